The van der Waals surface area contributed by atoms with Gasteiger partial charge in [-0.25, -0.2) is 19.6 Å². The van der Waals surface area contributed by atoms with Crippen LogP contribution >= 0.6 is 11.8 Å². The topological polar surface area (TPSA) is 127 Å². The first-order valence-electron chi connectivity index (χ1n) is 13.2. The minimum absolute atomic E-state index is 0.141. The number of carbonyl (C=O) groups excluding carboxylic acids is 1. The van der Waals surface area contributed by atoms with Gasteiger partial charge >= 0.3 is 0 Å². The van der Waals surface area contributed by atoms with E-state index in [4.69, 9.17) is 4.74 Å². The molecule has 212 valence electrons. The normalized spacial score (nSPS) is 13.2. The Labute approximate surface area is 239 Å². The molecule has 0 aliphatic heterocycles. The van der Waals surface area contributed by atoms with Crippen LogP contribution in [0.3, 0.4) is 0 Å². The number of fused-ring (bicyclic) bond motifs is 1. The molecule has 0 radical (unpaired) electrons. The number of hydrogen-bond acceptors (Lipinski definition) is 9. The molecule has 1 aromatic carbocycles. The van der Waals surface area contributed by atoms with Crippen molar-refractivity contribution in [1.29, 1.82) is 0 Å². The molecule has 0 aliphatic rings. The zero-order valence-corrected chi connectivity index (χ0v) is 24.6. The molecule has 0 fully saturated rings. The SMILES string of the molecule is CCC(c1ccc(C(=O)NC)cc1OC)C(CNc1cc(-c2cnc3c(cnn3CC(C)(C)O)c2)ncn1)SC. The number of aromatic nitrogens is 5. The zero-order chi connectivity index (χ0) is 28.9. The van der Waals surface area contributed by atoms with Crippen LogP contribution in [-0.4, -0.2) is 73.6 Å². The van der Waals surface area contributed by atoms with E-state index in [1.165, 1.54) is 0 Å². The van der Waals surface area contributed by atoms with Crippen molar-refractivity contribution in [2.45, 2.75) is 50.5 Å². The Balaban J connectivity index is 1.51. The van der Waals surface area contributed by atoms with Crippen LogP contribution in [0.4, 0.5) is 5.82 Å². The number of rotatable bonds is 12. The van der Waals surface area contributed by atoms with Gasteiger partial charge in [-0.05, 0) is 50.3 Å². The maximum Gasteiger partial charge on any atom is 0.251 e. The Hall–Kier alpha value is -3.70. The number of hydrogen-bond donors (Lipinski definition) is 3. The highest BCUT2D eigenvalue weighted by atomic mass is 32.2. The van der Waals surface area contributed by atoms with Crippen LogP contribution < -0.4 is 15.4 Å². The Morgan fingerprint density at radius 1 is 1.18 bits per heavy atom. The average molecular weight is 564 g/mol. The van der Waals surface area contributed by atoms with Crippen LogP contribution in [0.2, 0.25) is 0 Å². The van der Waals surface area contributed by atoms with E-state index < -0.39 is 5.60 Å². The van der Waals surface area contributed by atoms with E-state index >= 15 is 0 Å². The van der Waals surface area contributed by atoms with Crippen molar-refractivity contribution in [1.82, 2.24) is 30.0 Å². The number of aliphatic hydroxyl groups is 1. The lowest BCUT2D eigenvalue weighted by atomic mass is 9.91. The second-order valence-electron chi connectivity index (χ2n) is 10.2. The summed E-state index contributed by atoms with van der Waals surface area (Å²) < 4.78 is 7.40. The number of pyridine rings is 1. The lowest BCUT2D eigenvalue weighted by molar-refractivity contribution is 0.0589. The van der Waals surface area contributed by atoms with Crippen LogP contribution in [0.25, 0.3) is 22.3 Å². The molecule has 3 aromatic heterocycles. The minimum atomic E-state index is -0.891. The smallest absolute Gasteiger partial charge is 0.251 e. The van der Waals surface area contributed by atoms with Gasteiger partial charge in [0, 0.05) is 53.5 Å². The highest BCUT2D eigenvalue weighted by molar-refractivity contribution is 7.99. The molecule has 0 saturated heterocycles. The van der Waals surface area contributed by atoms with Crippen molar-refractivity contribution in [3.63, 3.8) is 0 Å². The van der Waals surface area contributed by atoms with Gasteiger partial charge < -0.3 is 20.5 Å². The van der Waals surface area contributed by atoms with Crippen LogP contribution in [-0.2, 0) is 6.54 Å². The van der Waals surface area contributed by atoms with Gasteiger partial charge in [0.2, 0.25) is 0 Å². The summed E-state index contributed by atoms with van der Waals surface area (Å²) >= 11 is 1.78. The molecule has 1 amide bonds. The molecule has 2 unspecified atom stereocenters. The molecule has 3 heterocycles. The van der Waals surface area contributed by atoms with Gasteiger partial charge in [0.25, 0.3) is 5.91 Å². The number of thioether (sulfide) groups is 1. The van der Waals surface area contributed by atoms with Gasteiger partial charge in [0.15, 0.2) is 5.65 Å². The van der Waals surface area contributed by atoms with Crippen LogP contribution in [0, 0.1) is 0 Å². The van der Waals surface area contributed by atoms with Crippen molar-refractivity contribution in [2.75, 3.05) is 32.3 Å². The Bertz CT molecular complexity index is 1470. The number of ether oxygens (including phenoxy) is 1. The van der Waals surface area contributed by atoms with Crippen molar-refractivity contribution in [2.24, 2.45) is 0 Å². The number of anilines is 1. The number of nitrogens with one attached hydrogen (secondary N) is 2. The maximum atomic E-state index is 12.1. The van der Waals surface area contributed by atoms with E-state index in [9.17, 15) is 9.90 Å². The van der Waals surface area contributed by atoms with Crippen molar-refractivity contribution in [3.8, 4) is 17.0 Å². The highest BCUT2D eigenvalue weighted by Gasteiger charge is 2.25. The number of carbonyl (C=O) groups is 1. The molecule has 4 rings (SSSR count). The first kappa shape index (κ1) is 29.3. The predicted octanol–water partition coefficient (Wildman–Crippen LogP) is 4.36. The number of methoxy groups -OCH3 is 1. The first-order valence-corrected chi connectivity index (χ1v) is 14.5. The molecule has 0 saturated carbocycles. The first-order chi connectivity index (χ1) is 19.2. The minimum Gasteiger partial charge on any atom is -0.496 e. The summed E-state index contributed by atoms with van der Waals surface area (Å²) in [6.45, 7) is 6.68. The van der Waals surface area contributed by atoms with Gasteiger partial charge in [-0.1, -0.05) is 13.0 Å². The van der Waals surface area contributed by atoms with Crippen LogP contribution in [0.15, 0.2) is 49.1 Å². The molecule has 0 spiro atoms. The third-order valence-corrected chi connectivity index (χ3v) is 7.87. The Morgan fingerprint density at radius 3 is 2.65 bits per heavy atom. The molecule has 11 heteroatoms. The van der Waals surface area contributed by atoms with Gasteiger partial charge in [0.05, 0.1) is 31.1 Å². The van der Waals surface area contributed by atoms with E-state index in [1.54, 1.807) is 69.2 Å². The number of benzene rings is 1. The van der Waals surface area contributed by atoms with Crippen LogP contribution in [0.1, 0.15) is 49.0 Å². The molecule has 4 aromatic rings. The molecular formula is C29H37N7O3S. The fraction of sp³-hybridized carbons (Fsp3) is 0.414. The molecule has 10 nitrogen and oxygen atoms in total. The zero-order valence-electron chi connectivity index (χ0n) is 23.8. The summed E-state index contributed by atoms with van der Waals surface area (Å²) in [7, 11) is 3.26. The monoisotopic (exact) mass is 563 g/mol. The Kier molecular flexibility index (Phi) is 9.26. The van der Waals surface area contributed by atoms with E-state index in [1.807, 2.05) is 24.3 Å². The second kappa shape index (κ2) is 12.6. The molecule has 2 atom stereocenters. The number of nitrogens with zero attached hydrogens (tertiary/aromatic N) is 5. The van der Waals surface area contributed by atoms with Crippen molar-refractivity contribution in [3.05, 3.63) is 60.2 Å². The molecule has 0 aliphatic carbocycles. The summed E-state index contributed by atoms with van der Waals surface area (Å²) in [4.78, 5) is 25.6. The van der Waals surface area contributed by atoms with Gasteiger partial charge in [0.1, 0.15) is 17.9 Å². The van der Waals surface area contributed by atoms with E-state index in [2.05, 4.69) is 43.9 Å². The molecular weight excluding hydrogens is 526 g/mol. The largest absolute Gasteiger partial charge is 0.496 e. The van der Waals surface area contributed by atoms with Crippen molar-refractivity contribution < 1.29 is 14.6 Å². The van der Waals surface area contributed by atoms with Gasteiger partial charge in [-0.15, -0.1) is 0 Å². The van der Waals surface area contributed by atoms with E-state index in [0.29, 0.717) is 30.0 Å². The maximum absolute atomic E-state index is 12.1. The summed E-state index contributed by atoms with van der Waals surface area (Å²) in [5.74, 6) is 1.49. The highest BCUT2D eigenvalue weighted by Crippen LogP contribution is 2.37. The van der Waals surface area contributed by atoms with Crippen molar-refractivity contribution >= 4 is 34.5 Å². The fourth-order valence-electron chi connectivity index (χ4n) is 4.79. The summed E-state index contributed by atoms with van der Waals surface area (Å²) in [6, 6.07) is 9.56. The molecule has 3 N–H and O–H groups in total. The van der Waals surface area contributed by atoms with E-state index in [-0.39, 0.29) is 17.1 Å². The molecule has 0 bridgehead atoms. The third kappa shape index (κ3) is 6.71. The summed E-state index contributed by atoms with van der Waals surface area (Å²) in [5, 5.41) is 21.8. The fourth-order valence-corrected chi connectivity index (χ4v) is 5.70. The average Bonchev–Trinajstić information content (AvgIpc) is 3.35. The van der Waals surface area contributed by atoms with Gasteiger partial charge in [-0.3, -0.25) is 4.79 Å². The lowest BCUT2D eigenvalue weighted by Gasteiger charge is -2.27. The molecule has 40 heavy (non-hydrogen) atoms. The second-order valence-corrected chi connectivity index (χ2v) is 11.3. The standard InChI is InChI=1S/C29H37N7O3S/c1-7-21(22-9-8-18(28(37)30-4)11-24(22)39-5)25(40-6)15-31-26-12-23(33-17-34-26)19-10-20-14-35-36(16-29(2,3)38)27(20)32-13-19/h8-14,17,21,25,38H,7,15-16H2,1-6H3,(H,30,37)(H,31,33,34). The predicted molar refractivity (Wildman–Crippen MR) is 160 cm³/mol. The van der Waals surface area contributed by atoms with Crippen LogP contribution in [0.5, 0.6) is 5.75 Å². The Morgan fingerprint density at radius 2 is 1.98 bits per heavy atom. The number of amides is 1. The van der Waals surface area contributed by atoms with Gasteiger partial charge in [-0.2, -0.15) is 16.9 Å². The third-order valence-electron chi connectivity index (χ3n) is 6.77. The summed E-state index contributed by atoms with van der Waals surface area (Å²) in [5.41, 5.74) is 3.08. The summed E-state index contributed by atoms with van der Waals surface area (Å²) in [6.07, 6.45) is 8.08. The lowest BCUT2D eigenvalue weighted by Crippen LogP contribution is -2.26. The quantitative estimate of drug-likeness (QED) is 0.230. The van der Waals surface area contributed by atoms with E-state index in [0.717, 1.165) is 34.4 Å².